The van der Waals surface area contributed by atoms with Gasteiger partial charge in [0, 0.05) is 5.92 Å². The number of hydrogen-bond donors (Lipinski definition) is 1. The number of ether oxygens (including phenoxy) is 1. The van der Waals surface area contributed by atoms with E-state index >= 15 is 0 Å². The number of cyclic esters (lactones) is 1. The van der Waals surface area contributed by atoms with Crippen molar-refractivity contribution >= 4 is 5.97 Å². The van der Waals surface area contributed by atoms with Gasteiger partial charge in [-0.15, -0.1) is 0 Å². The van der Waals surface area contributed by atoms with E-state index in [2.05, 4.69) is 24.3 Å². The molecule has 4 aromatic rings. The normalized spacial score (nSPS) is 17.6. The van der Waals surface area contributed by atoms with Crippen molar-refractivity contribution in [2.45, 2.75) is 37.7 Å². The lowest BCUT2D eigenvalue weighted by molar-refractivity contribution is -0.151. The molecule has 186 valence electrons. The van der Waals surface area contributed by atoms with Crippen molar-refractivity contribution in [2.24, 2.45) is 5.92 Å². The second-order valence-corrected chi connectivity index (χ2v) is 9.65. The highest BCUT2D eigenvalue weighted by atomic mass is 16.5. The van der Waals surface area contributed by atoms with E-state index in [1.807, 2.05) is 97.1 Å². The fraction of sp³-hybridized carbons (Fsp3) is 0.206. The topological polar surface area (TPSA) is 46.5 Å². The lowest BCUT2D eigenvalue weighted by Gasteiger charge is -2.35. The predicted molar refractivity (Wildman–Crippen MR) is 147 cm³/mol. The molecule has 0 aromatic heterocycles. The van der Waals surface area contributed by atoms with Crippen molar-refractivity contribution in [3.05, 3.63) is 155 Å². The van der Waals surface area contributed by atoms with Gasteiger partial charge in [-0.3, -0.25) is 0 Å². The third-order valence-electron chi connectivity index (χ3n) is 7.26. The van der Waals surface area contributed by atoms with Gasteiger partial charge in [0.15, 0.2) is 0 Å². The number of carbonyl (C=O) groups excluding carboxylic acids is 1. The molecule has 0 saturated heterocycles. The molecule has 2 unspecified atom stereocenters. The van der Waals surface area contributed by atoms with Gasteiger partial charge in [-0.2, -0.15) is 0 Å². The molecule has 3 heteroatoms. The first-order valence-corrected chi connectivity index (χ1v) is 13.0. The first-order chi connectivity index (χ1) is 18.2. The predicted octanol–water partition coefficient (Wildman–Crippen LogP) is 7.44. The SMILES string of the molecule is O=C1OC(CCc2ccccc2)C(CCc2ccccc2)C(O)=C1C(c1ccccc1)c1ccccc1. The molecule has 37 heavy (non-hydrogen) atoms. The van der Waals surface area contributed by atoms with Gasteiger partial charge in [0.1, 0.15) is 11.9 Å². The van der Waals surface area contributed by atoms with Gasteiger partial charge in [0.05, 0.1) is 11.5 Å². The highest BCUT2D eigenvalue weighted by Crippen LogP contribution is 2.41. The molecule has 1 N–H and O–H groups in total. The van der Waals surface area contributed by atoms with Crippen LogP contribution in [0.15, 0.2) is 133 Å². The molecule has 0 aliphatic carbocycles. The Morgan fingerprint density at radius 3 is 1.54 bits per heavy atom. The van der Waals surface area contributed by atoms with E-state index in [0.29, 0.717) is 18.4 Å². The Balaban J connectivity index is 1.52. The first-order valence-electron chi connectivity index (χ1n) is 13.0. The van der Waals surface area contributed by atoms with Gasteiger partial charge in [-0.1, -0.05) is 121 Å². The molecule has 4 aromatic carbocycles. The number of esters is 1. The van der Waals surface area contributed by atoms with Gasteiger partial charge in [-0.05, 0) is 47.9 Å². The maximum absolute atomic E-state index is 13.6. The minimum atomic E-state index is -0.427. The van der Waals surface area contributed by atoms with Crippen molar-refractivity contribution in [1.82, 2.24) is 0 Å². The van der Waals surface area contributed by atoms with E-state index in [-0.39, 0.29) is 17.8 Å². The van der Waals surface area contributed by atoms with Crippen LogP contribution in [0.4, 0.5) is 0 Å². The number of aliphatic hydroxyl groups excluding tert-OH is 1. The van der Waals surface area contributed by atoms with Crippen LogP contribution in [0.1, 0.15) is 41.0 Å². The number of rotatable bonds is 9. The van der Waals surface area contributed by atoms with Crippen LogP contribution in [-0.2, 0) is 22.4 Å². The van der Waals surface area contributed by atoms with Crippen LogP contribution in [0.2, 0.25) is 0 Å². The fourth-order valence-corrected chi connectivity index (χ4v) is 5.35. The molecule has 1 heterocycles. The van der Waals surface area contributed by atoms with Crippen LogP contribution in [0, 0.1) is 5.92 Å². The van der Waals surface area contributed by atoms with Gasteiger partial charge in [0.2, 0.25) is 0 Å². The smallest absolute Gasteiger partial charge is 0.338 e. The molecule has 2 atom stereocenters. The van der Waals surface area contributed by atoms with Gasteiger partial charge >= 0.3 is 5.97 Å². The lowest BCUT2D eigenvalue weighted by Crippen LogP contribution is -2.37. The van der Waals surface area contributed by atoms with Gasteiger partial charge < -0.3 is 9.84 Å². The van der Waals surface area contributed by atoms with Crippen molar-refractivity contribution in [3.63, 3.8) is 0 Å². The average molecular weight is 489 g/mol. The minimum absolute atomic E-state index is 0.169. The summed E-state index contributed by atoms with van der Waals surface area (Å²) in [6.07, 6.45) is 2.55. The molecule has 3 nitrogen and oxygen atoms in total. The Bertz CT molecular complexity index is 1280. The van der Waals surface area contributed by atoms with Gasteiger partial charge in [0.25, 0.3) is 0 Å². The van der Waals surface area contributed by atoms with Crippen LogP contribution >= 0.6 is 0 Å². The summed E-state index contributed by atoms with van der Waals surface area (Å²) in [7, 11) is 0. The number of aliphatic hydroxyl groups is 1. The maximum Gasteiger partial charge on any atom is 0.338 e. The van der Waals surface area contributed by atoms with E-state index in [1.54, 1.807) is 0 Å². The summed E-state index contributed by atoms with van der Waals surface area (Å²) in [6.45, 7) is 0. The Kier molecular flexibility index (Phi) is 7.81. The lowest BCUT2D eigenvalue weighted by atomic mass is 9.78. The second kappa shape index (κ2) is 11.7. The average Bonchev–Trinajstić information content (AvgIpc) is 2.95. The minimum Gasteiger partial charge on any atom is -0.511 e. The van der Waals surface area contributed by atoms with E-state index < -0.39 is 11.9 Å². The molecule has 0 amide bonds. The van der Waals surface area contributed by atoms with Crippen molar-refractivity contribution < 1.29 is 14.6 Å². The number of carbonyl (C=O) groups is 1. The highest BCUT2D eigenvalue weighted by molar-refractivity contribution is 5.93. The number of hydrogen-bond acceptors (Lipinski definition) is 3. The quantitative estimate of drug-likeness (QED) is 0.249. The summed E-state index contributed by atoms with van der Waals surface area (Å²) in [5, 5.41) is 11.8. The van der Waals surface area contributed by atoms with Crippen molar-refractivity contribution in [1.29, 1.82) is 0 Å². The van der Waals surface area contributed by atoms with Crippen LogP contribution < -0.4 is 0 Å². The van der Waals surface area contributed by atoms with E-state index in [1.165, 1.54) is 11.1 Å². The highest BCUT2D eigenvalue weighted by Gasteiger charge is 2.41. The monoisotopic (exact) mass is 488 g/mol. The third kappa shape index (κ3) is 5.83. The standard InChI is InChI=1S/C34H32O3/c35-33-29(23-21-25-13-5-1-6-14-25)30(24-22-26-15-7-2-8-16-26)37-34(36)32(33)31(27-17-9-3-10-18-27)28-19-11-4-12-20-28/h1-20,29-31,35H,21-24H2. The zero-order valence-corrected chi connectivity index (χ0v) is 20.9. The Labute approximate surface area is 219 Å². The summed E-state index contributed by atoms with van der Waals surface area (Å²) in [5.41, 5.74) is 4.67. The molecule has 1 aliphatic rings. The van der Waals surface area contributed by atoms with E-state index in [9.17, 15) is 9.90 Å². The zero-order valence-electron chi connectivity index (χ0n) is 20.9. The van der Waals surface area contributed by atoms with Crippen LogP contribution in [0.3, 0.4) is 0 Å². The van der Waals surface area contributed by atoms with Crippen LogP contribution in [0.25, 0.3) is 0 Å². The molecule has 0 spiro atoms. The largest absolute Gasteiger partial charge is 0.511 e. The first kappa shape index (κ1) is 24.6. The summed E-state index contributed by atoms with van der Waals surface area (Å²) < 4.78 is 6.16. The maximum atomic E-state index is 13.6. The molecular weight excluding hydrogens is 456 g/mol. The molecule has 0 saturated carbocycles. The Morgan fingerprint density at radius 1 is 0.622 bits per heavy atom. The molecular formula is C34H32O3. The summed E-state index contributed by atoms with van der Waals surface area (Å²) in [4.78, 5) is 13.6. The van der Waals surface area contributed by atoms with E-state index in [0.717, 1.165) is 24.0 Å². The summed E-state index contributed by atoms with van der Waals surface area (Å²) >= 11 is 0. The van der Waals surface area contributed by atoms with Crippen LogP contribution in [-0.4, -0.2) is 17.2 Å². The summed E-state index contributed by atoms with van der Waals surface area (Å²) in [6, 6.07) is 40.3. The van der Waals surface area contributed by atoms with Gasteiger partial charge in [-0.25, -0.2) is 4.79 Å². The molecule has 1 aliphatic heterocycles. The zero-order chi connectivity index (χ0) is 25.5. The van der Waals surface area contributed by atoms with E-state index in [4.69, 9.17) is 4.74 Å². The summed E-state index contributed by atoms with van der Waals surface area (Å²) in [5.74, 6) is -0.928. The Morgan fingerprint density at radius 2 is 1.05 bits per heavy atom. The molecule has 0 radical (unpaired) electrons. The Hall–Kier alpha value is -4.11. The third-order valence-corrected chi connectivity index (χ3v) is 7.26. The van der Waals surface area contributed by atoms with Crippen LogP contribution in [0.5, 0.6) is 0 Å². The molecule has 5 rings (SSSR count). The second-order valence-electron chi connectivity index (χ2n) is 9.65. The molecule has 0 bridgehead atoms. The van der Waals surface area contributed by atoms with Crippen molar-refractivity contribution in [2.75, 3.05) is 0 Å². The van der Waals surface area contributed by atoms with Crippen molar-refractivity contribution in [3.8, 4) is 0 Å². The number of aryl methyl sites for hydroxylation is 2. The fourth-order valence-electron chi connectivity index (χ4n) is 5.35. The molecule has 0 fully saturated rings. The number of benzene rings is 4.